The first-order valence-corrected chi connectivity index (χ1v) is 7.84. The molecule has 1 aliphatic carbocycles. The molecule has 1 saturated carbocycles. The summed E-state index contributed by atoms with van der Waals surface area (Å²) in [5.41, 5.74) is 1.39. The Morgan fingerprint density at radius 3 is 2.55 bits per heavy atom. The predicted molar refractivity (Wildman–Crippen MR) is 90.5 cm³/mol. The number of alkyl halides is 1. The van der Waals surface area contributed by atoms with Gasteiger partial charge in [-0.25, -0.2) is 4.79 Å². The molecule has 0 aromatic heterocycles. The van der Waals surface area contributed by atoms with Crippen molar-refractivity contribution in [2.24, 2.45) is 5.16 Å². The molecule has 1 aromatic carbocycles. The summed E-state index contributed by atoms with van der Waals surface area (Å²) >= 11 is 17.2. The van der Waals surface area contributed by atoms with Gasteiger partial charge in [0.25, 0.3) is 0 Å². The van der Waals surface area contributed by atoms with Crippen molar-refractivity contribution in [1.29, 1.82) is 0 Å². The second-order valence-electron chi connectivity index (χ2n) is 4.64. The average Bonchev–Trinajstić information content (AvgIpc) is 2.47. The second kappa shape index (κ2) is 9.72. The van der Waals surface area contributed by atoms with Crippen LogP contribution in [0, 0.1) is 0 Å². The van der Waals surface area contributed by atoms with Crippen LogP contribution in [-0.2, 0) is 4.79 Å². The predicted octanol–water partition coefficient (Wildman–Crippen LogP) is 5.09. The van der Waals surface area contributed by atoms with Crippen LogP contribution in [0.4, 0.5) is 0 Å². The SMILES string of the molecule is O/N=C1/CCCCC1Cl.O=C(O)/C=C/c1ccc(Cl)cc1Cl. The highest BCUT2D eigenvalue weighted by molar-refractivity contribution is 6.35. The number of hydrogen-bond donors (Lipinski definition) is 2. The maximum absolute atomic E-state index is 10.2. The molecule has 0 heterocycles. The van der Waals surface area contributed by atoms with Gasteiger partial charge in [-0.1, -0.05) is 40.8 Å². The van der Waals surface area contributed by atoms with Crippen LogP contribution in [0.15, 0.2) is 29.4 Å². The van der Waals surface area contributed by atoms with Gasteiger partial charge < -0.3 is 10.3 Å². The first-order valence-electron chi connectivity index (χ1n) is 6.65. The van der Waals surface area contributed by atoms with E-state index in [0.717, 1.165) is 37.5 Å². The van der Waals surface area contributed by atoms with Gasteiger partial charge in [0.05, 0.1) is 11.1 Å². The molecular formula is C15H16Cl3NO3. The molecule has 0 radical (unpaired) electrons. The van der Waals surface area contributed by atoms with E-state index in [1.165, 1.54) is 6.08 Å². The minimum atomic E-state index is -1.01. The quantitative estimate of drug-likeness (QED) is 0.332. The van der Waals surface area contributed by atoms with Crippen molar-refractivity contribution >= 4 is 52.6 Å². The Morgan fingerprint density at radius 2 is 2.05 bits per heavy atom. The van der Waals surface area contributed by atoms with E-state index < -0.39 is 5.97 Å². The topological polar surface area (TPSA) is 69.9 Å². The summed E-state index contributed by atoms with van der Waals surface area (Å²) in [6.07, 6.45) is 6.54. The molecule has 0 amide bonds. The number of carbonyl (C=O) groups is 1. The van der Waals surface area contributed by atoms with Crippen molar-refractivity contribution in [3.05, 3.63) is 39.9 Å². The van der Waals surface area contributed by atoms with Gasteiger partial charge in [-0.05, 0) is 43.0 Å². The van der Waals surface area contributed by atoms with Crippen LogP contribution in [0.2, 0.25) is 10.0 Å². The Hall–Kier alpha value is -1.23. The molecule has 22 heavy (non-hydrogen) atoms. The Balaban J connectivity index is 0.000000235. The maximum Gasteiger partial charge on any atom is 0.328 e. The Labute approximate surface area is 144 Å². The third kappa shape index (κ3) is 6.69. The van der Waals surface area contributed by atoms with Crippen molar-refractivity contribution in [3.8, 4) is 0 Å². The maximum atomic E-state index is 10.2. The molecule has 1 aromatic rings. The molecule has 7 heteroatoms. The van der Waals surface area contributed by atoms with E-state index in [1.54, 1.807) is 18.2 Å². The molecule has 0 aliphatic heterocycles. The molecule has 4 nitrogen and oxygen atoms in total. The molecule has 1 aliphatic rings. The Bertz CT molecular complexity index is 573. The summed E-state index contributed by atoms with van der Waals surface area (Å²) in [4.78, 5) is 10.2. The van der Waals surface area contributed by atoms with Gasteiger partial charge in [0, 0.05) is 16.1 Å². The van der Waals surface area contributed by atoms with Crippen LogP contribution in [0.1, 0.15) is 31.2 Å². The zero-order valence-electron chi connectivity index (χ0n) is 11.7. The van der Waals surface area contributed by atoms with Crippen LogP contribution in [0.5, 0.6) is 0 Å². The lowest BCUT2D eigenvalue weighted by Crippen LogP contribution is -2.18. The molecule has 1 unspecified atom stereocenters. The molecule has 1 fully saturated rings. The van der Waals surface area contributed by atoms with E-state index in [2.05, 4.69) is 5.16 Å². The largest absolute Gasteiger partial charge is 0.478 e. The van der Waals surface area contributed by atoms with Gasteiger partial charge in [0.1, 0.15) is 0 Å². The zero-order valence-corrected chi connectivity index (χ0v) is 13.9. The number of benzene rings is 1. The van der Waals surface area contributed by atoms with Crippen molar-refractivity contribution in [1.82, 2.24) is 0 Å². The van der Waals surface area contributed by atoms with Crippen molar-refractivity contribution < 1.29 is 15.1 Å². The van der Waals surface area contributed by atoms with E-state index in [9.17, 15) is 4.79 Å². The number of halogens is 3. The zero-order chi connectivity index (χ0) is 16.5. The summed E-state index contributed by atoms with van der Waals surface area (Å²) in [6, 6.07) is 4.86. The normalized spacial score (nSPS) is 19.8. The molecule has 0 saturated heterocycles. The van der Waals surface area contributed by atoms with E-state index >= 15 is 0 Å². The molecule has 2 rings (SSSR count). The van der Waals surface area contributed by atoms with E-state index in [-0.39, 0.29) is 5.38 Å². The van der Waals surface area contributed by atoms with Crippen LogP contribution in [0.3, 0.4) is 0 Å². The number of rotatable bonds is 2. The Morgan fingerprint density at radius 1 is 1.32 bits per heavy atom. The molecule has 1 atom stereocenters. The van der Waals surface area contributed by atoms with Crippen LogP contribution < -0.4 is 0 Å². The molecular weight excluding hydrogens is 349 g/mol. The summed E-state index contributed by atoms with van der Waals surface area (Å²) < 4.78 is 0. The summed E-state index contributed by atoms with van der Waals surface area (Å²) in [6.45, 7) is 0. The number of hydrogen-bond acceptors (Lipinski definition) is 3. The Kier molecular flexibility index (Phi) is 8.31. The third-order valence-corrected chi connectivity index (χ3v) is 4.03. The number of carboxylic acid groups (broad SMARTS) is 1. The monoisotopic (exact) mass is 363 g/mol. The van der Waals surface area contributed by atoms with Gasteiger partial charge in [0.15, 0.2) is 0 Å². The van der Waals surface area contributed by atoms with Gasteiger partial charge in [0.2, 0.25) is 0 Å². The highest BCUT2D eigenvalue weighted by Gasteiger charge is 2.17. The van der Waals surface area contributed by atoms with Crippen molar-refractivity contribution in [3.63, 3.8) is 0 Å². The van der Waals surface area contributed by atoms with Gasteiger partial charge in [-0.15, -0.1) is 11.6 Å². The van der Waals surface area contributed by atoms with Crippen LogP contribution in [0.25, 0.3) is 6.08 Å². The first-order chi connectivity index (χ1) is 10.4. The lowest BCUT2D eigenvalue weighted by atomic mass is 9.98. The summed E-state index contributed by atoms with van der Waals surface area (Å²) in [5, 5.41) is 20.8. The van der Waals surface area contributed by atoms with Crippen LogP contribution in [-0.4, -0.2) is 27.4 Å². The fourth-order valence-electron chi connectivity index (χ4n) is 1.86. The highest BCUT2D eigenvalue weighted by atomic mass is 35.5. The molecule has 2 N–H and O–H groups in total. The van der Waals surface area contributed by atoms with Crippen molar-refractivity contribution in [2.45, 2.75) is 31.1 Å². The molecule has 0 bridgehead atoms. The summed E-state index contributed by atoms with van der Waals surface area (Å²) in [7, 11) is 0. The van der Waals surface area contributed by atoms with Gasteiger partial charge in [-0.3, -0.25) is 0 Å². The molecule has 120 valence electrons. The summed E-state index contributed by atoms with van der Waals surface area (Å²) in [5.74, 6) is -1.01. The second-order valence-corrected chi connectivity index (χ2v) is 6.01. The minimum absolute atomic E-state index is 0.0104. The van der Waals surface area contributed by atoms with E-state index in [4.69, 9.17) is 45.1 Å². The lowest BCUT2D eigenvalue weighted by Gasteiger charge is -2.15. The average molecular weight is 365 g/mol. The lowest BCUT2D eigenvalue weighted by molar-refractivity contribution is -0.131. The fourth-order valence-corrected chi connectivity index (χ4v) is 2.64. The van der Waals surface area contributed by atoms with E-state index in [0.29, 0.717) is 15.6 Å². The van der Waals surface area contributed by atoms with Gasteiger partial charge >= 0.3 is 5.97 Å². The van der Waals surface area contributed by atoms with Crippen molar-refractivity contribution in [2.75, 3.05) is 0 Å². The first kappa shape index (κ1) is 18.8. The minimum Gasteiger partial charge on any atom is -0.478 e. The number of aliphatic carboxylic acids is 1. The number of nitrogens with zero attached hydrogens (tertiary/aromatic N) is 1. The number of carboxylic acids is 1. The van der Waals surface area contributed by atoms with Crippen LogP contribution >= 0.6 is 34.8 Å². The fraction of sp³-hybridized carbons (Fsp3) is 0.333. The molecule has 0 spiro atoms. The van der Waals surface area contributed by atoms with E-state index in [1.807, 2.05) is 0 Å². The third-order valence-electron chi connectivity index (χ3n) is 3.00. The highest BCUT2D eigenvalue weighted by Crippen LogP contribution is 2.22. The standard InChI is InChI=1S/C9H6Cl2O2.C6H10ClNO/c10-7-3-1-6(8(11)5-7)2-4-9(12)13;7-5-3-1-2-4-6(5)8-9/h1-5H,(H,12,13);5,9H,1-4H2/b4-2+;8-6-. The smallest absolute Gasteiger partial charge is 0.328 e. The van der Waals surface area contributed by atoms with Gasteiger partial charge in [-0.2, -0.15) is 0 Å². The number of oxime groups is 1.